The molecule has 0 bridgehead atoms. The van der Waals surface area contributed by atoms with Crippen LogP contribution in [0.2, 0.25) is 0 Å². The van der Waals surface area contributed by atoms with Crippen LogP contribution in [0.25, 0.3) is 0 Å². The van der Waals surface area contributed by atoms with Gasteiger partial charge in [0.25, 0.3) is 0 Å². The molecule has 0 atom stereocenters. The van der Waals surface area contributed by atoms with E-state index in [1.807, 2.05) is 12.1 Å². The number of anilines is 1. The molecule has 1 aliphatic rings. The number of hydrogen-bond donors (Lipinski definition) is 2. The Bertz CT molecular complexity index is 479. The molecule has 0 spiro atoms. The summed E-state index contributed by atoms with van der Waals surface area (Å²) in [5.74, 6) is 0. The standard InChI is InChI=1S/C12H19N3O2S/c13-8-7-11-3-5-12(6-4-11)14-18(16,17)15-9-1-2-10-15/h3-6,14H,1-2,7-10,13H2. The van der Waals surface area contributed by atoms with Crippen molar-refractivity contribution in [3.05, 3.63) is 29.8 Å². The van der Waals surface area contributed by atoms with Gasteiger partial charge in [0.15, 0.2) is 0 Å². The van der Waals surface area contributed by atoms with Crippen LogP contribution < -0.4 is 10.5 Å². The third kappa shape index (κ3) is 3.22. The highest BCUT2D eigenvalue weighted by atomic mass is 32.2. The third-order valence-electron chi connectivity index (χ3n) is 3.04. The lowest BCUT2D eigenvalue weighted by Crippen LogP contribution is -2.33. The van der Waals surface area contributed by atoms with Crippen LogP contribution >= 0.6 is 0 Å². The maximum Gasteiger partial charge on any atom is 0.301 e. The molecule has 0 saturated carbocycles. The van der Waals surface area contributed by atoms with E-state index in [1.54, 1.807) is 12.1 Å². The molecule has 0 aliphatic carbocycles. The van der Waals surface area contributed by atoms with E-state index >= 15 is 0 Å². The van der Waals surface area contributed by atoms with Crippen LogP contribution in [-0.4, -0.2) is 32.4 Å². The zero-order valence-corrected chi connectivity index (χ0v) is 11.1. The summed E-state index contributed by atoms with van der Waals surface area (Å²) in [5.41, 5.74) is 7.18. The van der Waals surface area contributed by atoms with Gasteiger partial charge in [-0.2, -0.15) is 12.7 Å². The van der Waals surface area contributed by atoms with Gasteiger partial charge in [0, 0.05) is 18.8 Å². The van der Waals surface area contributed by atoms with E-state index < -0.39 is 10.2 Å². The summed E-state index contributed by atoms with van der Waals surface area (Å²) < 4.78 is 28.1. The largest absolute Gasteiger partial charge is 0.330 e. The normalized spacial score (nSPS) is 16.9. The lowest BCUT2D eigenvalue weighted by atomic mass is 10.1. The van der Waals surface area contributed by atoms with Crippen LogP contribution in [0, 0.1) is 0 Å². The Balaban J connectivity index is 2.04. The predicted octanol–water partition coefficient (Wildman–Crippen LogP) is 0.940. The zero-order chi connectivity index (χ0) is 13.0. The van der Waals surface area contributed by atoms with Gasteiger partial charge >= 0.3 is 10.2 Å². The minimum atomic E-state index is -3.38. The predicted molar refractivity (Wildman–Crippen MR) is 72.5 cm³/mol. The SMILES string of the molecule is NCCc1ccc(NS(=O)(=O)N2CCCC2)cc1. The maximum atomic E-state index is 12.0. The lowest BCUT2D eigenvalue weighted by Gasteiger charge is -2.16. The molecule has 1 aromatic rings. The van der Waals surface area contributed by atoms with Crippen LogP contribution in [0.1, 0.15) is 18.4 Å². The second-order valence-electron chi connectivity index (χ2n) is 4.45. The fourth-order valence-corrected chi connectivity index (χ4v) is 3.35. The highest BCUT2D eigenvalue weighted by molar-refractivity contribution is 7.90. The van der Waals surface area contributed by atoms with E-state index in [0.717, 1.165) is 24.8 Å². The van der Waals surface area contributed by atoms with Gasteiger partial charge in [-0.1, -0.05) is 12.1 Å². The molecule has 2 rings (SSSR count). The highest BCUT2D eigenvalue weighted by Crippen LogP contribution is 2.17. The Morgan fingerprint density at radius 3 is 2.33 bits per heavy atom. The first kappa shape index (κ1) is 13.3. The van der Waals surface area contributed by atoms with Gasteiger partial charge in [0.2, 0.25) is 0 Å². The summed E-state index contributed by atoms with van der Waals surface area (Å²) in [7, 11) is -3.38. The average Bonchev–Trinajstić information content (AvgIpc) is 2.86. The van der Waals surface area contributed by atoms with Crippen molar-refractivity contribution in [2.24, 2.45) is 5.73 Å². The smallest absolute Gasteiger partial charge is 0.301 e. The molecule has 1 aromatic carbocycles. The molecule has 0 unspecified atom stereocenters. The Labute approximate surface area is 108 Å². The quantitative estimate of drug-likeness (QED) is 0.835. The van der Waals surface area contributed by atoms with Gasteiger partial charge in [0.1, 0.15) is 0 Å². The van der Waals surface area contributed by atoms with Crippen molar-refractivity contribution in [3.8, 4) is 0 Å². The third-order valence-corrected chi connectivity index (χ3v) is 4.58. The number of nitrogens with one attached hydrogen (secondary N) is 1. The average molecular weight is 269 g/mol. The second kappa shape index (κ2) is 5.69. The summed E-state index contributed by atoms with van der Waals surface area (Å²) >= 11 is 0. The first-order chi connectivity index (χ1) is 8.62. The number of rotatable bonds is 5. The minimum absolute atomic E-state index is 0.596. The topological polar surface area (TPSA) is 75.4 Å². The van der Waals surface area contributed by atoms with Gasteiger partial charge in [-0.3, -0.25) is 4.72 Å². The molecular formula is C12H19N3O2S. The van der Waals surface area contributed by atoms with E-state index in [2.05, 4.69) is 4.72 Å². The Morgan fingerprint density at radius 1 is 1.17 bits per heavy atom. The van der Waals surface area contributed by atoms with Gasteiger partial charge in [-0.05, 0) is 43.5 Å². The Kier molecular flexibility index (Phi) is 4.21. The summed E-state index contributed by atoms with van der Waals surface area (Å²) in [6.45, 7) is 1.82. The van der Waals surface area contributed by atoms with Crippen molar-refractivity contribution >= 4 is 15.9 Å². The molecule has 100 valence electrons. The second-order valence-corrected chi connectivity index (χ2v) is 6.12. The molecule has 0 amide bonds. The van der Waals surface area contributed by atoms with Crippen molar-refractivity contribution < 1.29 is 8.42 Å². The Morgan fingerprint density at radius 2 is 1.78 bits per heavy atom. The first-order valence-electron chi connectivity index (χ1n) is 6.19. The number of nitrogens with zero attached hydrogens (tertiary/aromatic N) is 1. The Hall–Kier alpha value is -1.11. The summed E-state index contributed by atoms with van der Waals surface area (Å²) in [6, 6.07) is 7.35. The van der Waals surface area contributed by atoms with Gasteiger partial charge in [0.05, 0.1) is 0 Å². The molecule has 1 aliphatic heterocycles. The van der Waals surface area contributed by atoms with Crippen molar-refractivity contribution in [1.29, 1.82) is 0 Å². The van der Waals surface area contributed by atoms with Crippen LogP contribution in [0.5, 0.6) is 0 Å². The lowest BCUT2D eigenvalue weighted by molar-refractivity contribution is 0.482. The molecule has 1 saturated heterocycles. The van der Waals surface area contributed by atoms with Crippen LogP contribution in [0.15, 0.2) is 24.3 Å². The van der Waals surface area contributed by atoms with Crippen molar-refractivity contribution in [1.82, 2.24) is 4.31 Å². The minimum Gasteiger partial charge on any atom is -0.330 e. The van der Waals surface area contributed by atoms with Gasteiger partial charge < -0.3 is 5.73 Å². The molecule has 3 N–H and O–H groups in total. The molecule has 6 heteroatoms. The summed E-state index contributed by atoms with van der Waals surface area (Å²) in [6.07, 6.45) is 2.69. The highest BCUT2D eigenvalue weighted by Gasteiger charge is 2.24. The number of benzene rings is 1. The fraction of sp³-hybridized carbons (Fsp3) is 0.500. The van der Waals surface area contributed by atoms with Crippen molar-refractivity contribution in [2.75, 3.05) is 24.4 Å². The van der Waals surface area contributed by atoms with Crippen molar-refractivity contribution in [3.63, 3.8) is 0 Å². The van der Waals surface area contributed by atoms with Crippen LogP contribution in [-0.2, 0) is 16.6 Å². The van der Waals surface area contributed by atoms with Gasteiger partial charge in [-0.15, -0.1) is 0 Å². The number of nitrogens with two attached hydrogens (primary N) is 1. The van der Waals surface area contributed by atoms with E-state index in [1.165, 1.54) is 4.31 Å². The van der Waals surface area contributed by atoms with E-state index in [4.69, 9.17) is 5.73 Å². The molecule has 18 heavy (non-hydrogen) atoms. The monoisotopic (exact) mass is 269 g/mol. The molecule has 0 aromatic heterocycles. The fourth-order valence-electron chi connectivity index (χ4n) is 2.05. The van der Waals surface area contributed by atoms with Crippen LogP contribution in [0.3, 0.4) is 0 Å². The maximum absolute atomic E-state index is 12.0. The molecular weight excluding hydrogens is 250 g/mol. The molecule has 5 nitrogen and oxygen atoms in total. The van der Waals surface area contributed by atoms with E-state index in [-0.39, 0.29) is 0 Å². The molecule has 0 radical (unpaired) electrons. The van der Waals surface area contributed by atoms with Crippen molar-refractivity contribution in [2.45, 2.75) is 19.3 Å². The number of hydrogen-bond acceptors (Lipinski definition) is 3. The first-order valence-corrected chi connectivity index (χ1v) is 7.63. The zero-order valence-electron chi connectivity index (χ0n) is 10.3. The van der Waals surface area contributed by atoms with Gasteiger partial charge in [-0.25, -0.2) is 0 Å². The molecule has 1 fully saturated rings. The summed E-state index contributed by atoms with van der Waals surface area (Å²) in [4.78, 5) is 0. The van der Waals surface area contributed by atoms with E-state index in [0.29, 0.717) is 25.3 Å². The van der Waals surface area contributed by atoms with Crippen LogP contribution in [0.4, 0.5) is 5.69 Å². The molecule has 1 heterocycles. The summed E-state index contributed by atoms with van der Waals surface area (Å²) in [5, 5.41) is 0. The van der Waals surface area contributed by atoms with E-state index in [9.17, 15) is 8.42 Å².